The fraction of sp³-hybridized carbons (Fsp3) is 0.222. The molecule has 0 saturated heterocycles. The van der Waals surface area contributed by atoms with E-state index in [1.54, 1.807) is 18.3 Å². The third kappa shape index (κ3) is 5.47. The summed E-state index contributed by atoms with van der Waals surface area (Å²) in [6, 6.07) is 11.0. The average Bonchev–Trinajstić information content (AvgIpc) is 2.58. The molecule has 120 valence electrons. The number of benzene rings is 1. The second-order valence-electron chi connectivity index (χ2n) is 5.02. The first-order valence-corrected chi connectivity index (χ1v) is 7.57. The maximum atomic E-state index is 11.8. The van der Waals surface area contributed by atoms with Gasteiger partial charge in [0.2, 0.25) is 5.91 Å². The fourth-order valence-corrected chi connectivity index (χ4v) is 1.93. The van der Waals surface area contributed by atoms with E-state index in [1.165, 1.54) is 6.08 Å². The number of anilines is 1. The number of nitrogens with zero attached hydrogens (tertiary/aromatic N) is 1. The van der Waals surface area contributed by atoms with Crippen molar-refractivity contribution < 1.29 is 9.53 Å². The van der Waals surface area contributed by atoms with Gasteiger partial charge in [-0.25, -0.2) is 0 Å². The summed E-state index contributed by atoms with van der Waals surface area (Å²) in [5.41, 5.74) is 8.16. The Hall–Kier alpha value is -2.82. The van der Waals surface area contributed by atoms with Gasteiger partial charge in [0.15, 0.2) is 0 Å². The van der Waals surface area contributed by atoms with E-state index in [9.17, 15) is 4.79 Å². The zero-order chi connectivity index (χ0) is 16.5. The van der Waals surface area contributed by atoms with Crippen LogP contribution in [0.5, 0.6) is 5.75 Å². The van der Waals surface area contributed by atoms with Crippen LogP contribution in [0, 0.1) is 0 Å². The molecular weight excluding hydrogens is 290 g/mol. The number of hydrogen-bond donors (Lipinski definition) is 2. The van der Waals surface area contributed by atoms with E-state index in [-0.39, 0.29) is 5.91 Å². The predicted molar refractivity (Wildman–Crippen MR) is 91.8 cm³/mol. The van der Waals surface area contributed by atoms with Crippen LogP contribution in [0.3, 0.4) is 0 Å². The minimum atomic E-state index is -0.180. The maximum Gasteiger partial charge on any atom is 0.244 e. The van der Waals surface area contributed by atoms with Crippen molar-refractivity contribution in [2.45, 2.75) is 19.9 Å². The molecule has 0 saturated carbocycles. The largest absolute Gasteiger partial charge is 0.491 e. The number of carbonyl (C=O) groups is 1. The molecular formula is C18H21N3O2. The van der Waals surface area contributed by atoms with Crippen LogP contribution >= 0.6 is 0 Å². The number of nitrogens with one attached hydrogen (secondary N) is 1. The molecule has 1 amide bonds. The summed E-state index contributed by atoms with van der Waals surface area (Å²) in [5.74, 6) is 0.490. The van der Waals surface area contributed by atoms with Crippen molar-refractivity contribution in [3.63, 3.8) is 0 Å². The standard InChI is InChI=1S/C18H21N3O2/c1-2-11-23-17-8-6-14(12-16(17)19)7-9-18(22)21-13-15-5-3-4-10-20-15/h3-10,12H,2,11,13,19H2,1H3,(H,21,22)/b9-7-. The van der Waals surface area contributed by atoms with Gasteiger partial charge in [-0.15, -0.1) is 0 Å². The summed E-state index contributed by atoms with van der Waals surface area (Å²) in [6.07, 6.45) is 5.82. The molecule has 2 aromatic rings. The number of ether oxygens (including phenoxy) is 1. The summed E-state index contributed by atoms with van der Waals surface area (Å²) >= 11 is 0. The molecule has 0 fully saturated rings. The van der Waals surface area contributed by atoms with E-state index in [2.05, 4.69) is 10.3 Å². The van der Waals surface area contributed by atoms with Crippen LogP contribution < -0.4 is 15.8 Å². The van der Waals surface area contributed by atoms with Crippen molar-refractivity contribution >= 4 is 17.7 Å². The van der Waals surface area contributed by atoms with E-state index in [4.69, 9.17) is 10.5 Å². The monoisotopic (exact) mass is 311 g/mol. The molecule has 0 bridgehead atoms. The number of carbonyl (C=O) groups excluding carboxylic acids is 1. The second kappa shape index (κ2) is 8.58. The zero-order valence-corrected chi connectivity index (χ0v) is 13.2. The van der Waals surface area contributed by atoms with E-state index in [0.717, 1.165) is 17.7 Å². The summed E-state index contributed by atoms with van der Waals surface area (Å²) in [7, 11) is 0. The Labute approximate surface area is 136 Å². The first kappa shape index (κ1) is 16.5. The molecule has 0 unspecified atom stereocenters. The Morgan fingerprint density at radius 1 is 1.35 bits per heavy atom. The molecule has 0 radical (unpaired) electrons. The Bertz CT molecular complexity index is 669. The van der Waals surface area contributed by atoms with Gasteiger partial charge >= 0.3 is 0 Å². The van der Waals surface area contributed by atoms with Gasteiger partial charge in [0.25, 0.3) is 0 Å². The fourth-order valence-electron chi connectivity index (χ4n) is 1.93. The highest BCUT2D eigenvalue weighted by Crippen LogP contribution is 2.23. The molecule has 3 N–H and O–H groups in total. The molecule has 1 aromatic heterocycles. The highest BCUT2D eigenvalue weighted by molar-refractivity contribution is 5.91. The summed E-state index contributed by atoms with van der Waals surface area (Å²) in [5, 5.41) is 2.78. The topological polar surface area (TPSA) is 77.2 Å². The number of hydrogen-bond acceptors (Lipinski definition) is 4. The average molecular weight is 311 g/mol. The van der Waals surface area contributed by atoms with Gasteiger partial charge in [-0.05, 0) is 42.3 Å². The molecule has 0 aliphatic heterocycles. The highest BCUT2D eigenvalue weighted by Gasteiger charge is 2.01. The van der Waals surface area contributed by atoms with Crippen molar-refractivity contribution in [1.29, 1.82) is 0 Å². The molecule has 2 rings (SSSR count). The molecule has 23 heavy (non-hydrogen) atoms. The lowest BCUT2D eigenvalue weighted by atomic mass is 10.1. The highest BCUT2D eigenvalue weighted by atomic mass is 16.5. The quantitative estimate of drug-likeness (QED) is 0.609. The summed E-state index contributed by atoms with van der Waals surface area (Å²) in [4.78, 5) is 15.9. The number of nitrogens with two attached hydrogens (primary N) is 1. The molecule has 5 heteroatoms. The Kier molecular flexibility index (Phi) is 6.17. The van der Waals surface area contributed by atoms with Gasteiger partial charge in [-0.1, -0.05) is 19.1 Å². The van der Waals surface area contributed by atoms with Crippen molar-refractivity contribution in [3.05, 3.63) is 59.9 Å². The smallest absolute Gasteiger partial charge is 0.244 e. The number of amides is 1. The van der Waals surface area contributed by atoms with Gasteiger partial charge in [-0.3, -0.25) is 9.78 Å². The van der Waals surface area contributed by atoms with Gasteiger partial charge in [0, 0.05) is 12.3 Å². The molecule has 0 aliphatic carbocycles. The lowest BCUT2D eigenvalue weighted by Crippen LogP contribution is -2.20. The van der Waals surface area contributed by atoms with Crippen LogP contribution in [0.2, 0.25) is 0 Å². The lowest BCUT2D eigenvalue weighted by Gasteiger charge is -2.08. The van der Waals surface area contributed by atoms with Crippen LogP contribution in [0.1, 0.15) is 24.6 Å². The van der Waals surface area contributed by atoms with Crippen molar-refractivity contribution in [3.8, 4) is 5.75 Å². The number of nitrogen functional groups attached to an aromatic ring is 1. The molecule has 5 nitrogen and oxygen atoms in total. The molecule has 0 atom stereocenters. The van der Waals surface area contributed by atoms with Gasteiger partial charge in [-0.2, -0.15) is 0 Å². The molecule has 1 heterocycles. The van der Waals surface area contributed by atoms with Gasteiger partial charge in [0.05, 0.1) is 24.5 Å². The van der Waals surface area contributed by atoms with Crippen LogP contribution in [0.25, 0.3) is 6.08 Å². The maximum absolute atomic E-state index is 11.8. The van der Waals surface area contributed by atoms with Crippen molar-refractivity contribution in [2.24, 2.45) is 0 Å². The first-order valence-electron chi connectivity index (χ1n) is 7.57. The van der Waals surface area contributed by atoms with Crippen molar-refractivity contribution in [1.82, 2.24) is 10.3 Å². The number of aromatic nitrogens is 1. The van der Waals surface area contributed by atoms with Crippen LogP contribution in [-0.4, -0.2) is 17.5 Å². The Balaban J connectivity index is 1.89. The first-order chi connectivity index (χ1) is 11.2. The Morgan fingerprint density at radius 2 is 2.22 bits per heavy atom. The predicted octanol–water partition coefficient (Wildman–Crippen LogP) is 2.78. The van der Waals surface area contributed by atoms with Crippen LogP contribution in [0.15, 0.2) is 48.7 Å². The molecule has 0 aliphatic rings. The minimum absolute atomic E-state index is 0.180. The Morgan fingerprint density at radius 3 is 2.91 bits per heavy atom. The molecule has 1 aromatic carbocycles. The number of rotatable bonds is 7. The minimum Gasteiger partial charge on any atom is -0.491 e. The van der Waals surface area contributed by atoms with Crippen molar-refractivity contribution in [2.75, 3.05) is 12.3 Å². The van der Waals surface area contributed by atoms with E-state index in [0.29, 0.717) is 24.6 Å². The summed E-state index contributed by atoms with van der Waals surface area (Å²) in [6.45, 7) is 3.07. The lowest BCUT2D eigenvalue weighted by molar-refractivity contribution is -0.116. The van der Waals surface area contributed by atoms with Gasteiger partial charge in [0.1, 0.15) is 5.75 Å². The zero-order valence-electron chi connectivity index (χ0n) is 13.2. The SMILES string of the molecule is CCCOc1ccc(/C=C\C(=O)NCc2ccccn2)cc1N. The van der Waals surface area contributed by atoms with Crippen LogP contribution in [-0.2, 0) is 11.3 Å². The van der Waals surface area contributed by atoms with E-state index < -0.39 is 0 Å². The van der Waals surface area contributed by atoms with Gasteiger partial charge < -0.3 is 15.8 Å². The van der Waals surface area contributed by atoms with E-state index >= 15 is 0 Å². The second-order valence-corrected chi connectivity index (χ2v) is 5.02. The van der Waals surface area contributed by atoms with Crippen LogP contribution in [0.4, 0.5) is 5.69 Å². The molecule has 0 spiro atoms. The summed E-state index contributed by atoms with van der Waals surface area (Å²) < 4.78 is 5.52. The third-order valence-electron chi connectivity index (χ3n) is 3.09. The third-order valence-corrected chi connectivity index (χ3v) is 3.09. The van der Waals surface area contributed by atoms with E-state index in [1.807, 2.05) is 37.3 Å². The normalized spacial score (nSPS) is 10.7. The number of pyridine rings is 1.